The quantitative estimate of drug-likeness (QED) is 0.0930. The summed E-state index contributed by atoms with van der Waals surface area (Å²) < 4.78 is 0. The van der Waals surface area contributed by atoms with E-state index >= 15 is 0 Å². The van der Waals surface area contributed by atoms with Crippen LogP contribution in [0.3, 0.4) is 0 Å². The number of piperazine rings is 2. The number of aromatic nitrogens is 6. The molecule has 0 spiro atoms. The number of amides is 2. The lowest BCUT2D eigenvalue weighted by molar-refractivity contribution is 0.0581. The second kappa shape index (κ2) is 19.9. The van der Waals surface area contributed by atoms with Crippen molar-refractivity contribution in [2.45, 2.75) is 6.04 Å². The van der Waals surface area contributed by atoms with Crippen molar-refractivity contribution in [3.8, 4) is 12.1 Å². The zero-order chi connectivity index (χ0) is 41.9. The monoisotopic (exact) mass is 852 g/mol. The Morgan fingerprint density at radius 3 is 1.58 bits per heavy atom. The Morgan fingerprint density at radius 2 is 1.12 bits per heavy atom. The van der Waals surface area contributed by atoms with Crippen molar-refractivity contribution in [2.24, 2.45) is 0 Å². The maximum Gasteiger partial charge on any atom is 0.256 e. The van der Waals surface area contributed by atoms with E-state index in [0.29, 0.717) is 84.6 Å². The van der Waals surface area contributed by atoms with Gasteiger partial charge in [-0.15, -0.1) is 0 Å². The predicted molar refractivity (Wildman–Crippen MR) is 220 cm³/mol. The van der Waals surface area contributed by atoms with Gasteiger partial charge in [-0.1, -0.05) is 59.6 Å². The Labute approximate surface area is 352 Å². The SMILES string of the molecule is N#CC(C(=O)c1c[nH]c2c(Cl)ncnc12)N1CCN(C(=O)c2ccccc2)CC1.N#CCN1CCN(C(=O)c2ccccc2)CC1.O=C(Cl)c1c[nH]c2c(Cl)ncnc12. The Balaban J connectivity index is 0.000000165. The molecule has 4 aromatic heterocycles. The van der Waals surface area contributed by atoms with Crippen LogP contribution >= 0.6 is 34.8 Å². The van der Waals surface area contributed by atoms with Gasteiger partial charge in [-0.05, 0) is 35.9 Å². The van der Waals surface area contributed by atoms with Gasteiger partial charge in [0.15, 0.2) is 22.1 Å². The first-order valence-corrected chi connectivity index (χ1v) is 19.4. The van der Waals surface area contributed by atoms with Gasteiger partial charge in [-0.2, -0.15) is 10.5 Å². The third-order valence-electron chi connectivity index (χ3n) is 9.64. The summed E-state index contributed by atoms with van der Waals surface area (Å²) in [6, 6.07) is 21.7. The molecule has 300 valence electrons. The van der Waals surface area contributed by atoms with Crippen molar-refractivity contribution in [1.82, 2.24) is 49.5 Å². The van der Waals surface area contributed by atoms with E-state index in [2.05, 4.69) is 46.9 Å². The first kappa shape index (κ1) is 42.3. The average molecular weight is 854 g/mol. The van der Waals surface area contributed by atoms with E-state index in [1.54, 1.807) is 21.9 Å². The number of nitriles is 2. The molecule has 0 saturated carbocycles. The molecule has 2 fully saturated rings. The number of hydrogen-bond acceptors (Lipinski definition) is 12. The molecule has 6 aromatic rings. The number of nitrogens with zero attached hydrogens (tertiary/aromatic N) is 10. The Morgan fingerprint density at radius 1 is 0.661 bits per heavy atom. The standard InChI is InChI=1S/C20H17ClN6O2.C13H15N3O.C7H3Cl2N3O/c21-19-17-16(24-12-25-19)14(11-23-17)18(28)15(10-22)26-6-8-27(9-7-26)20(29)13-4-2-1-3-5-13;14-6-7-15-8-10-16(11-9-15)13(17)12-4-2-1-3-5-12;8-6-5-4(11-2-12-6)3(1-10-5)7(9)13/h1-5,11-12,15,23H,6-9H2;1-5H,7-11H2;1-2,10H. The fourth-order valence-electron chi connectivity index (χ4n) is 6.53. The topological polar surface area (TPSA) is 212 Å². The van der Waals surface area contributed by atoms with Crippen molar-refractivity contribution >= 4 is 79.7 Å². The van der Waals surface area contributed by atoms with Crippen LogP contribution in [0.25, 0.3) is 22.1 Å². The first-order chi connectivity index (χ1) is 28.6. The number of aromatic amines is 2. The Hall–Kier alpha value is -6.27. The van der Waals surface area contributed by atoms with Gasteiger partial charge >= 0.3 is 0 Å². The van der Waals surface area contributed by atoms with Crippen molar-refractivity contribution in [2.75, 3.05) is 58.9 Å². The van der Waals surface area contributed by atoms with E-state index in [1.807, 2.05) is 53.4 Å². The molecule has 0 bridgehead atoms. The second-order valence-corrected chi connectivity index (χ2v) is 14.2. The highest BCUT2D eigenvalue weighted by Crippen LogP contribution is 2.24. The molecule has 1 atom stereocenters. The summed E-state index contributed by atoms with van der Waals surface area (Å²) in [6.45, 7) is 5.18. The maximum absolute atomic E-state index is 13.0. The van der Waals surface area contributed by atoms with Crippen LogP contribution in [0.4, 0.5) is 0 Å². The minimum atomic E-state index is -0.961. The summed E-state index contributed by atoms with van der Waals surface area (Å²) in [5.74, 6) is -0.313. The summed E-state index contributed by atoms with van der Waals surface area (Å²) in [5.41, 5.74) is 3.80. The van der Waals surface area contributed by atoms with Gasteiger partial charge in [-0.3, -0.25) is 29.0 Å². The molecule has 2 aliphatic rings. The van der Waals surface area contributed by atoms with Gasteiger partial charge in [0.1, 0.15) is 34.7 Å². The van der Waals surface area contributed by atoms with Crippen molar-refractivity contribution in [3.05, 3.63) is 118 Å². The van der Waals surface area contributed by atoms with Crippen LogP contribution < -0.4 is 0 Å². The van der Waals surface area contributed by atoms with Crippen LogP contribution in [0.1, 0.15) is 41.4 Å². The number of ketones is 1. The molecule has 2 aromatic carbocycles. The van der Waals surface area contributed by atoms with E-state index in [0.717, 1.165) is 18.7 Å². The van der Waals surface area contributed by atoms with Crippen LogP contribution in [-0.2, 0) is 0 Å². The zero-order valence-corrected chi connectivity index (χ0v) is 33.5. The molecule has 16 nitrogen and oxygen atoms in total. The Bertz CT molecular complexity index is 2520. The number of fused-ring (bicyclic) bond motifs is 2. The number of carbonyl (C=O) groups is 4. The summed E-state index contributed by atoms with van der Waals surface area (Å²) in [4.78, 5) is 77.4. The number of halogens is 3. The van der Waals surface area contributed by atoms with Crippen molar-refractivity contribution < 1.29 is 19.2 Å². The van der Waals surface area contributed by atoms with Crippen LogP contribution in [-0.4, -0.2) is 137 Å². The number of H-pyrrole nitrogens is 2. The third-order valence-corrected chi connectivity index (χ3v) is 10.4. The summed E-state index contributed by atoms with van der Waals surface area (Å²) in [7, 11) is 0. The maximum atomic E-state index is 13.0. The second-order valence-electron chi connectivity index (χ2n) is 13.1. The van der Waals surface area contributed by atoms with Crippen LogP contribution in [0.5, 0.6) is 0 Å². The van der Waals surface area contributed by atoms with Crippen LogP contribution in [0.2, 0.25) is 10.3 Å². The lowest BCUT2D eigenvalue weighted by atomic mass is 10.0. The van der Waals surface area contributed by atoms with Gasteiger partial charge < -0.3 is 19.8 Å². The summed E-state index contributed by atoms with van der Waals surface area (Å²) >= 11 is 17.1. The molecule has 2 N–H and O–H groups in total. The number of carbonyl (C=O) groups excluding carboxylic acids is 4. The molecule has 8 rings (SSSR count). The van der Waals surface area contributed by atoms with Gasteiger partial charge in [0, 0.05) is 75.9 Å². The highest BCUT2D eigenvalue weighted by molar-refractivity contribution is 6.68. The zero-order valence-electron chi connectivity index (χ0n) is 31.3. The number of benzene rings is 2. The van der Waals surface area contributed by atoms with Gasteiger partial charge in [0.25, 0.3) is 17.1 Å². The largest absolute Gasteiger partial charge is 0.357 e. The molecule has 0 radical (unpaired) electrons. The fourth-order valence-corrected chi connectivity index (χ4v) is 7.05. The van der Waals surface area contributed by atoms with Crippen molar-refractivity contribution in [3.63, 3.8) is 0 Å². The number of nitrogens with one attached hydrogen (secondary N) is 2. The number of Topliss-reactive ketones (excluding diaryl/α,β-unsaturated/α-hetero) is 1. The molecule has 19 heteroatoms. The van der Waals surface area contributed by atoms with E-state index in [9.17, 15) is 24.4 Å². The highest BCUT2D eigenvalue weighted by atomic mass is 35.5. The number of rotatable bonds is 7. The molecular weight excluding hydrogens is 819 g/mol. The smallest absolute Gasteiger partial charge is 0.256 e. The molecule has 2 amide bonds. The average Bonchev–Trinajstić information content (AvgIpc) is 3.92. The molecule has 1 unspecified atom stereocenters. The first-order valence-electron chi connectivity index (χ1n) is 18.2. The fraction of sp³-hybridized carbons (Fsp3) is 0.250. The molecule has 2 saturated heterocycles. The van der Waals surface area contributed by atoms with Gasteiger partial charge in [0.2, 0.25) is 0 Å². The lowest BCUT2D eigenvalue weighted by Crippen LogP contribution is -2.53. The van der Waals surface area contributed by atoms with E-state index in [4.69, 9.17) is 40.1 Å². The normalized spacial score (nSPS) is 14.9. The molecule has 6 heterocycles. The van der Waals surface area contributed by atoms with E-state index in [1.165, 1.54) is 25.0 Å². The molecule has 0 aliphatic carbocycles. The van der Waals surface area contributed by atoms with Gasteiger partial charge in [0.05, 0.1) is 29.8 Å². The minimum absolute atomic E-state index is 0.0481. The molecular formula is C40H35Cl3N12O4. The molecule has 59 heavy (non-hydrogen) atoms. The lowest BCUT2D eigenvalue weighted by Gasteiger charge is -2.36. The van der Waals surface area contributed by atoms with Gasteiger partial charge in [-0.25, -0.2) is 19.9 Å². The minimum Gasteiger partial charge on any atom is -0.357 e. The van der Waals surface area contributed by atoms with E-state index in [-0.39, 0.29) is 27.9 Å². The number of hydrogen-bond donors (Lipinski definition) is 2. The van der Waals surface area contributed by atoms with Crippen molar-refractivity contribution in [1.29, 1.82) is 10.5 Å². The molecule has 2 aliphatic heterocycles. The summed E-state index contributed by atoms with van der Waals surface area (Å²) in [5, 5.41) is 18.2. The summed E-state index contributed by atoms with van der Waals surface area (Å²) in [6.07, 6.45) is 5.53. The Kier molecular flexibility index (Phi) is 14.3. The third kappa shape index (κ3) is 10.1. The van der Waals surface area contributed by atoms with E-state index < -0.39 is 11.3 Å². The highest BCUT2D eigenvalue weighted by Gasteiger charge is 2.33. The van der Waals surface area contributed by atoms with Crippen LogP contribution in [0.15, 0.2) is 85.7 Å². The predicted octanol–water partition coefficient (Wildman–Crippen LogP) is 5.10. The van der Waals surface area contributed by atoms with Crippen LogP contribution in [0, 0.1) is 22.7 Å².